The van der Waals surface area contributed by atoms with Crippen molar-refractivity contribution in [2.24, 2.45) is 0 Å². The maximum absolute atomic E-state index is 12.9. The minimum atomic E-state index is -3.52. The topological polar surface area (TPSA) is 57.7 Å². The Morgan fingerprint density at radius 1 is 1.04 bits per heavy atom. The van der Waals surface area contributed by atoms with Gasteiger partial charge in [0.15, 0.2) is 0 Å². The maximum Gasteiger partial charge on any atom is 0.264 e. The number of hydrogen-bond donors (Lipinski definition) is 0. The Morgan fingerprint density at radius 2 is 1.63 bits per heavy atom. The molecule has 0 unspecified atom stereocenters. The van der Waals surface area contributed by atoms with Gasteiger partial charge in [0.25, 0.3) is 5.91 Å². The molecule has 0 spiro atoms. The zero-order valence-corrected chi connectivity index (χ0v) is 17.9. The molecule has 0 atom stereocenters. The van der Waals surface area contributed by atoms with Gasteiger partial charge in [-0.05, 0) is 49.1 Å². The standard InChI is InChI=1S/C20H26N2O3S2/c1-14(2)17-5-7-18(8-6-17)27(24,25)22-11-9-21(10-12-22)20(23)19-13-15(3)16(4)26-19/h5-8,13-14H,9-12H2,1-4H3. The third-order valence-electron chi connectivity index (χ3n) is 5.09. The second-order valence-corrected chi connectivity index (χ2v) is 10.5. The second kappa shape index (κ2) is 7.73. The van der Waals surface area contributed by atoms with Gasteiger partial charge in [-0.3, -0.25) is 4.79 Å². The van der Waals surface area contributed by atoms with Crippen LogP contribution in [0.5, 0.6) is 0 Å². The lowest BCUT2D eigenvalue weighted by molar-refractivity contribution is 0.0702. The van der Waals surface area contributed by atoms with E-state index >= 15 is 0 Å². The molecule has 27 heavy (non-hydrogen) atoms. The van der Waals surface area contributed by atoms with Gasteiger partial charge in [0.05, 0.1) is 9.77 Å². The first-order valence-electron chi connectivity index (χ1n) is 9.16. The number of carbonyl (C=O) groups is 1. The van der Waals surface area contributed by atoms with Crippen molar-refractivity contribution in [3.63, 3.8) is 0 Å². The number of amides is 1. The van der Waals surface area contributed by atoms with Crippen LogP contribution in [0.1, 0.15) is 45.4 Å². The molecule has 0 saturated carbocycles. The van der Waals surface area contributed by atoms with Crippen LogP contribution in [-0.2, 0) is 10.0 Å². The van der Waals surface area contributed by atoms with Gasteiger partial charge in [-0.1, -0.05) is 26.0 Å². The Balaban J connectivity index is 1.68. The summed E-state index contributed by atoms with van der Waals surface area (Å²) in [6.45, 7) is 9.64. The highest BCUT2D eigenvalue weighted by Crippen LogP contribution is 2.24. The van der Waals surface area contributed by atoms with E-state index in [4.69, 9.17) is 0 Å². The van der Waals surface area contributed by atoms with Crippen LogP contribution >= 0.6 is 11.3 Å². The van der Waals surface area contributed by atoms with Gasteiger partial charge < -0.3 is 4.90 Å². The zero-order chi connectivity index (χ0) is 19.8. The van der Waals surface area contributed by atoms with Gasteiger partial charge in [-0.25, -0.2) is 8.42 Å². The number of hydrogen-bond acceptors (Lipinski definition) is 4. The summed E-state index contributed by atoms with van der Waals surface area (Å²) >= 11 is 1.50. The SMILES string of the molecule is Cc1cc(C(=O)N2CCN(S(=O)(=O)c3ccc(C(C)C)cc3)CC2)sc1C. The van der Waals surface area contributed by atoms with Crippen molar-refractivity contribution in [1.82, 2.24) is 9.21 Å². The van der Waals surface area contributed by atoms with Crippen LogP contribution in [-0.4, -0.2) is 49.7 Å². The summed E-state index contributed by atoms with van der Waals surface area (Å²) in [5.41, 5.74) is 2.24. The normalized spacial score (nSPS) is 16.1. The van der Waals surface area contributed by atoms with Crippen molar-refractivity contribution in [1.29, 1.82) is 0 Å². The molecule has 1 aliphatic heterocycles. The number of thiophene rings is 1. The van der Waals surface area contributed by atoms with Crippen molar-refractivity contribution in [3.8, 4) is 0 Å². The van der Waals surface area contributed by atoms with Crippen LogP contribution in [0, 0.1) is 13.8 Å². The summed E-state index contributed by atoms with van der Waals surface area (Å²) in [4.78, 5) is 16.6. The third kappa shape index (κ3) is 4.10. The first kappa shape index (κ1) is 20.0. The van der Waals surface area contributed by atoms with Crippen molar-refractivity contribution >= 4 is 27.3 Å². The fourth-order valence-corrected chi connectivity index (χ4v) is 5.56. The van der Waals surface area contributed by atoms with Crippen LogP contribution in [0.25, 0.3) is 0 Å². The van der Waals surface area contributed by atoms with E-state index in [2.05, 4.69) is 13.8 Å². The van der Waals surface area contributed by atoms with Crippen molar-refractivity contribution in [2.45, 2.75) is 38.5 Å². The van der Waals surface area contributed by atoms with Gasteiger partial charge in [-0.2, -0.15) is 4.31 Å². The predicted octanol–water partition coefficient (Wildman–Crippen LogP) is 3.64. The lowest BCUT2D eigenvalue weighted by Crippen LogP contribution is -2.50. The Labute approximate surface area is 165 Å². The highest BCUT2D eigenvalue weighted by atomic mass is 32.2. The molecule has 3 rings (SSSR count). The summed E-state index contributed by atoms with van der Waals surface area (Å²) in [5.74, 6) is 0.357. The predicted molar refractivity (Wildman–Crippen MR) is 109 cm³/mol. The molecule has 2 heterocycles. The van der Waals surface area contributed by atoms with Crippen LogP contribution < -0.4 is 0 Å². The van der Waals surface area contributed by atoms with E-state index in [-0.39, 0.29) is 5.91 Å². The average molecular weight is 407 g/mol. The molecular formula is C20H26N2O3S2. The third-order valence-corrected chi connectivity index (χ3v) is 8.14. The number of aryl methyl sites for hydroxylation is 2. The second-order valence-electron chi connectivity index (χ2n) is 7.27. The Kier molecular flexibility index (Phi) is 5.74. The molecule has 1 saturated heterocycles. The molecule has 1 amide bonds. The minimum absolute atomic E-state index is 0.00506. The maximum atomic E-state index is 12.9. The molecule has 1 fully saturated rings. The molecule has 2 aromatic rings. The molecular weight excluding hydrogens is 380 g/mol. The molecule has 0 bridgehead atoms. The number of rotatable bonds is 4. The van der Waals surface area contributed by atoms with E-state index in [1.807, 2.05) is 32.0 Å². The largest absolute Gasteiger partial charge is 0.335 e. The highest BCUT2D eigenvalue weighted by Gasteiger charge is 2.31. The fraction of sp³-hybridized carbons (Fsp3) is 0.450. The molecule has 0 aliphatic carbocycles. The molecule has 0 N–H and O–H groups in total. The molecule has 5 nitrogen and oxygen atoms in total. The summed E-state index contributed by atoms with van der Waals surface area (Å²) in [6.07, 6.45) is 0. The number of sulfonamides is 1. The van der Waals surface area contributed by atoms with Crippen LogP contribution in [0.2, 0.25) is 0 Å². The number of piperazine rings is 1. The van der Waals surface area contributed by atoms with Crippen molar-refractivity contribution in [3.05, 3.63) is 51.2 Å². The summed E-state index contributed by atoms with van der Waals surface area (Å²) in [6, 6.07) is 9.03. The Bertz CT molecular complexity index is 903. The minimum Gasteiger partial charge on any atom is -0.335 e. The van der Waals surface area contributed by atoms with Crippen LogP contribution in [0.15, 0.2) is 35.2 Å². The van der Waals surface area contributed by atoms with Gasteiger partial charge in [-0.15, -0.1) is 11.3 Å². The molecule has 7 heteroatoms. The monoisotopic (exact) mass is 406 g/mol. The Hall–Kier alpha value is -1.70. The fourth-order valence-electron chi connectivity index (χ4n) is 3.14. The van der Waals surface area contributed by atoms with Gasteiger partial charge >= 0.3 is 0 Å². The van der Waals surface area contributed by atoms with Crippen LogP contribution in [0.4, 0.5) is 0 Å². The van der Waals surface area contributed by atoms with Crippen molar-refractivity contribution in [2.75, 3.05) is 26.2 Å². The molecule has 1 aliphatic rings. The highest BCUT2D eigenvalue weighted by molar-refractivity contribution is 7.89. The van der Waals surface area contributed by atoms with E-state index < -0.39 is 10.0 Å². The zero-order valence-electron chi connectivity index (χ0n) is 16.2. The summed E-state index contributed by atoms with van der Waals surface area (Å²) < 4.78 is 27.3. The van der Waals surface area contributed by atoms with E-state index in [1.165, 1.54) is 15.6 Å². The Morgan fingerprint density at radius 3 is 2.11 bits per heavy atom. The molecule has 0 radical (unpaired) electrons. The van der Waals surface area contributed by atoms with Gasteiger partial charge in [0.1, 0.15) is 0 Å². The van der Waals surface area contributed by atoms with E-state index in [1.54, 1.807) is 17.0 Å². The van der Waals surface area contributed by atoms with E-state index in [0.717, 1.165) is 20.9 Å². The average Bonchev–Trinajstić information content (AvgIpc) is 3.00. The summed E-state index contributed by atoms with van der Waals surface area (Å²) in [5, 5.41) is 0. The summed E-state index contributed by atoms with van der Waals surface area (Å²) in [7, 11) is -3.52. The lowest BCUT2D eigenvalue weighted by atomic mass is 10.0. The van der Waals surface area contributed by atoms with Crippen molar-refractivity contribution < 1.29 is 13.2 Å². The molecule has 1 aromatic heterocycles. The molecule has 146 valence electrons. The number of nitrogens with zero attached hydrogens (tertiary/aromatic N) is 2. The van der Waals surface area contributed by atoms with E-state index in [9.17, 15) is 13.2 Å². The number of benzene rings is 1. The lowest BCUT2D eigenvalue weighted by Gasteiger charge is -2.33. The van der Waals surface area contributed by atoms with Crippen LogP contribution in [0.3, 0.4) is 0 Å². The van der Waals surface area contributed by atoms with Gasteiger partial charge in [0, 0.05) is 31.1 Å². The smallest absolute Gasteiger partial charge is 0.264 e. The molecule has 1 aromatic carbocycles. The van der Waals surface area contributed by atoms with Gasteiger partial charge in [0.2, 0.25) is 10.0 Å². The number of carbonyl (C=O) groups excluding carboxylic acids is 1. The quantitative estimate of drug-likeness (QED) is 0.779. The first-order chi connectivity index (χ1) is 12.7. The van der Waals surface area contributed by atoms with E-state index in [0.29, 0.717) is 37.0 Å². The first-order valence-corrected chi connectivity index (χ1v) is 11.4.